The molecule has 4 N–H and O–H groups in total. The standard InChI is InChI=1S/C51H86O12S/c1-3-5-7-9-11-13-15-17-18-19-20-21-22-23-24-25-26-28-30-32-34-36-38-40-47(53)62-44(42-61-51-50(56)49(55)48(54)45(63-51)43-64(57,58)59)41-60-46(52)39-37-35-33-31-29-27-16-14-12-10-8-6-4-2/h5,7-8,10-11,13-14,16-18,20-21,44-45,48-51,54-56H,3-4,6,9,12,15,19,22-43H2,1-2H3,(H,57,58,59)/b7-5-,10-8-,13-11-,16-14-,18-17-,21-20-. The number of rotatable bonds is 40. The lowest BCUT2D eigenvalue weighted by atomic mass is 10.00. The van der Waals surface area contributed by atoms with Crippen LogP contribution in [-0.2, 0) is 38.7 Å². The summed E-state index contributed by atoms with van der Waals surface area (Å²) >= 11 is 0. The van der Waals surface area contributed by atoms with Crippen molar-refractivity contribution in [3.05, 3.63) is 72.9 Å². The van der Waals surface area contributed by atoms with Crippen LogP contribution in [0.1, 0.15) is 181 Å². The van der Waals surface area contributed by atoms with Crippen molar-refractivity contribution in [2.75, 3.05) is 19.0 Å². The zero-order valence-electron chi connectivity index (χ0n) is 39.4. The van der Waals surface area contributed by atoms with E-state index in [1.807, 2.05) is 0 Å². The average molecular weight is 923 g/mol. The van der Waals surface area contributed by atoms with Crippen LogP contribution in [0, 0.1) is 0 Å². The van der Waals surface area contributed by atoms with E-state index >= 15 is 0 Å². The monoisotopic (exact) mass is 923 g/mol. The zero-order chi connectivity index (χ0) is 46.9. The van der Waals surface area contributed by atoms with E-state index in [1.165, 1.54) is 32.1 Å². The summed E-state index contributed by atoms with van der Waals surface area (Å²) in [6, 6.07) is 0. The van der Waals surface area contributed by atoms with Gasteiger partial charge in [-0.1, -0.05) is 164 Å². The number of carbonyl (C=O) groups excluding carboxylic acids is 2. The molecule has 0 aliphatic carbocycles. The van der Waals surface area contributed by atoms with E-state index in [0.717, 1.165) is 109 Å². The first-order valence-electron chi connectivity index (χ1n) is 24.5. The summed E-state index contributed by atoms with van der Waals surface area (Å²) in [5.74, 6) is -2.01. The molecule has 13 heteroatoms. The topological polar surface area (TPSA) is 186 Å². The molecule has 1 heterocycles. The minimum absolute atomic E-state index is 0.152. The number of allylic oxidation sites excluding steroid dienone is 12. The van der Waals surface area contributed by atoms with Crippen LogP contribution < -0.4 is 0 Å². The summed E-state index contributed by atoms with van der Waals surface area (Å²) < 4.78 is 54.1. The highest BCUT2D eigenvalue weighted by Crippen LogP contribution is 2.24. The molecule has 6 atom stereocenters. The molecule has 0 aromatic carbocycles. The molecule has 6 unspecified atom stereocenters. The molecule has 0 saturated carbocycles. The Balaban J connectivity index is 2.38. The predicted octanol–water partition coefficient (Wildman–Crippen LogP) is 10.7. The Morgan fingerprint density at radius 2 is 0.984 bits per heavy atom. The van der Waals surface area contributed by atoms with Gasteiger partial charge in [-0.25, -0.2) is 0 Å². The normalized spacial score (nSPS) is 20.2. The maximum atomic E-state index is 12.9. The van der Waals surface area contributed by atoms with Gasteiger partial charge in [-0.2, -0.15) is 8.42 Å². The molecule has 12 nitrogen and oxygen atoms in total. The van der Waals surface area contributed by atoms with Gasteiger partial charge >= 0.3 is 11.9 Å². The van der Waals surface area contributed by atoms with Gasteiger partial charge in [0.25, 0.3) is 10.1 Å². The third-order valence-electron chi connectivity index (χ3n) is 10.8. The number of aliphatic hydroxyl groups is 3. The highest BCUT2D eigenvalue weighted by Gasteiger charge is 2.46. The molecule has 0 amide bonds. The molecule has 0 aromatic rings. The molecule has 1 saturated heterocycles. The van der Waals surface area contributed by atoms with Crippen molar-refractivity contribution < 1.29 is 56.8 Å². The molecule has 368 valence electrons. The van der Waals surface area contributed by atoms with Crippen LogP contribution in [0.25, 0.3) is 0 Å². The van der Waals surface area contributed by atoms with Crippen LogP contribution >= 0.6 is 0 Å². The highest BCUT2D eigenvalue weighted by molar-refractivity contribution is 7.85. The molecule has 0 aromatic heterocycles. The number of carbonyl (C=O) groups is 2. The molecule has 1 aliphatic heterocycles. The molecular formula is C51H86O12S. The maximum absolute atomic E-state index is 12.9. The Labute approximate surface area is 387 Å². The van der Waals surface area contributed by atoms with E-state index in [9.17, 15) is 37.9 Å². The number of ether oxygens (including phenoxy) is 4. The van der Waals surface area contributed by atoms with Gasteiger partial charge < -0.3 is 34.3 Å². The van der Waals surface area contributed by atoms with Crippen molar-refractivity contribution in [1.29, 1.82) is 0 Å². The fraction of sp³-hybridized carbons (Fsp3) is 0.725. The number of hydrogen-bond donors (Lipinski definition) is 4. The molecule has 64 heavy (non-hydrogen) atoms. The third kappa shape index (κ3) is 34.4. The van der Waals surface area contributed by atoms with E-state index in [4.69, 9.17) is 18.9 Å². The Hall–Kier alpha value is -2.91. The molecule has 1 rings (SSSR count). The fourth-order valence-corrected chi connectivity index (χ4v) is 7.69. The van der Waals surface area contributed by atoms with Crippen molar-refractivity contribution >= 4 is 22.1 Å². The summed E-state index contributed by atoms with van der Waals surface area (Å²) in [4.78, 5) is 25.5. The summed E-state index contributed by atoms with van der Waals surface area (Å²) in [7, 11) is -4.61. The highest BCUT2D eigenvalue weighted by atomic mass is 32.2. The van der Waals surface area contributed by atoms with Gasteiger partial charge in [-0.15, -0.1) is 0 Å². The summed E-state index contributed by atoms with van der Waals surface area (Å²) in [6.45, 7) is 3.57. The first-order chi connectivity index (χ1) is 31.0. The molecule has 1 aliphatic rings. The van der Waals surface area contributed by atoms with Crippen LogP contribution in [0.2, 0.25) is 0 Å². The second kappa shape index (κ2) is 40.4. The van der Waals surface area contributed by atoms with Gasteiger partial charge in [0.05, 0.1) is 6.61 Å². The lowest BCUT2D eigenvalue weighted by Crippen LogP contribution is -2.60. The van der Waals surface area contributed by atoms with E-state index in [1.54, 1.807) is 0 Å². The fourth-order valence-electron chi connectivity index (χ4n) is 7.00. The average Bonchev–Trinajstić information content (AvgIpc) is 3.26. The second-order valence-corrected chi connectivity index (χ2v) is 18.2. The Bertz CT molecular complexity index is 1450. The maximum Gasteiger partial charge on any atom is 0.306 e. The molecule has 0 spiro atoms. The smallest absolute Gasteiger partial charge is 0.306 e. The largest absolute Gasteiger partial charge is 0.462 e. The number of esters is 2. The molecular weight excluding hydrogens is 837 g/mol. The quantitative estimate of drug-likeness (QED) is 0.0198. The second-order valence-electron chi connectivity index (χ2n) is 16.7. The lowest BCUT2D eigenvalue weighted by molar-refractivity contribution is -0.297. The first kappa shape index (κ1) is 59.1. The van der Waals surface area contributed by atoms with Crippen molar-refractivity contribution in [3.63, 3.8) is 0 Å². The first-order valence-corrected chi connectivity index (χ1v) is 26.1. The summed E-state index contributed by atoms with van der Waals surface area (Å²) in [5.41, 5.74) is 0. The van der Waals surface area contributed by atoms with Crippen LogP contribution in [-0.4, -0.2) is 96.0 Å². The van der Waals surface area contributed by atoms with Gasteiger partial charge in [0.15, 0.2) is 12.4 Å². The van der Waals surface area contributed by atoms with E-state index in [0.29, 0.717) is 12.8 Å². The van der Waals surface area contributed by atoms with Crippen LogP contribution in [0.5, 0.6) is 0 Å². The lowest BCUT2D eigenvalue weighted by Gasteiger charge is -2.40. The zero-order valence-corrected chi connectivity index (χ0v) is 40.2. The van der Waals surface area contributed by atoms with E-state index < -0.39 is 71.2 Å². The predicted molar refractivity (Wildman–Crippen MR) is 256 cm³/mol. The minimum Gasteiger partial charge on any atom is -0.462 e. The Morgan fingerprint density at radius 3 is 1.47 bits per heavy atom. The van der Waals surface area contributed by atoms with E-state index in [2.05, 4.69) is 86.8 Å². The van der Waals surface area contributed by atoms with Crippen LogP contribution in [0.4, 0.5) is 0 Å². The van der Waals surface area contributed by atoms with Crippen molar-refractivity contribution in [2.45, 2.75) is 218 Å². The summed E-state index contributed by atoms with van der Waals surface area (Å²) in [5, 5.41) is 30.9. The van der Waals surface area contributed by atoms with Gasteiger partial charge in [-0.05, 0) is 77.0 Å². The van der Waals surface area contributed by atoms with Gasteiger partial charge in [0, 0.05) is 12.8 Å². The Kier molecular flexibility index (Phi) is 37.3. The minimum atomic E-state index is -4.61. The number of aliphatic hydroxyl groups excluding tert-OH is 3. The van der Waals surface area contributed by atoms with Gasteiger partial charge in [-0.3, -0.25) is 14.1 Å². The SMILES string of the molecule is CC/C=C\C/C=C\C/C=C\C/C=C\CCCCCCCCCCCCC(=O)OC(COC(=O)CCCCCCC/C=C\C/C=C\CCC)COC1OC(CS(=O)(=O)O)C(O)C(O)C1O. The van der Waals surface area contributed by atoms with Crippen molar-refractivity contribution in [3.8, 4) is 0 Å². The van der Waals surface area contributed by atoms with Crippen molar-refractivity contribution in [1.82, 2.24) is 0 Å². The van der Waals surface area contributed by atoms with Crippen LogP contribution in [0.15, 0.2) is 72.9 Å². The number of hydrogen-bond acceptors (Lipinski definition) is 11. The molecule has 1 fully saturated rings. The molecule has 0 bridgehead atoms. The van der Waals surface area contributed by atoms with Crippen LogP contribution in [0.3, 0.4) is 0 Å². The van der Waals surface area contributed by atoms with Gasteiger partial charge in [0.1, 0.15) is 36.8 Å². The van der Waals surface area contributed by atoms with Gasteiger partial charge in [0.2, 0.25) is 0 Å². The Morgan fingerprint density at radius 1 is 0.547 bits per heavy atom. The number of unbranched alkanes of at least 4 members (excludes halogenated alkanes) is 16. The van der Waals surface area contributed by atoms with E-state index in [-0.39, 0.29) is 19.4 Å². The summed E-state index contributed by atoms with van der Waals surface area (Å²) in [6.07, 6.45) is 42.3. The third-order valence-corrected chi connectivity index (χ3v) is 11.5. The molecule has 0 radical (unpaired) electrons. The van der Waals surface area contributed by atoms with Crippen molar-refractivity contribution in [2.24, 2.45) is 0 Å².